The molecule has 2 aromatic carbocycles. The zero-order chi connectivity index (χ0) is 25.8. The van der Waals surface area contributed by atoms with E-state index in [0.29, 0.717) is 37.7 Å². The first-order valence-corrected chi connectivity index (χ1v) is 11.9. The molecule has 0 saturated carbocycles. The standard InChI is InChI=1S/C26H24N2O7S/c1-4-34-25(32)22-15(2)27-26-28(23(22)18-10-5-6-11-19(18)33-3)24(31)20(36-26)13-16-8-7-9-17(12-16)35-14-21(29)30/h5-13,23H,4,14H2,1-3H3,(H,29,30)/p-1/b20-13-/t23-/m1/s1. The van der Waals surface area contributed by atoms with Crippen LogP contribution in [-0.4, -0.2) is 36.8 Å². The normalized spacial score (nSPS) is 15.2. The highest BCUT2D eigenvalue weighted by molar-refractivity contribution is 7.07. The highest BCUT2D eigenvalue weighted by atomic mass is 32.1. The molecule has 1 aliphatic heterocycles. The molecule has 0 spiro atoms. The minimum atomic E-state index is -1.34. The summed E-state index contributed by atoms with van der Waals surface area (Å²) >= 11 is 1.18. The summed E-state index contributed by atoms with van der Waals surface area (Å²) in [5, 5.41) is 10.7. The van der Waals surface area contributed by atoms with E-state index in [9.17, 15) is 19.5 Å². The van der Waals surface area contributed by atoms with Gasteiger partial charge in [-0.05, 0) is 43.7 Å². The average molecular weight is 508 g/mol. The van der Waals surface area contributed by atoms with E-state index in [0.717, 1.165) is 0 Å². The number of methoxy groups -OCH3 is 1. The van der Waals surface area contributed by atoms with Gasteiger partial charge in [-0.15, -0.1) is 0 Å². The van der Waals surface area contributed by atoms with Gasteiger partial charge in [-0.3, -0.25) is 9.36 Å². The topological polar surface area (TPSA) is 119 Å². The van der Waals surface area contributed by atoms with Gasteiger partial charge in [-0.2, -0.15) is 0 Å². The molecule has 1 aromatic heterocycles. The van der Waals surface area contributed by atoms with Crippen LogP contribution in [0.4, 0.5) is 0 Å². The number of aliphatic carboxylic acids is 1. The Balaban J connectivity index is 1.89. The fraction of sp³-hybridized carbons (Fsp3) is 0.231. The van der Waals surface area contributed by atoms with Gasteiger partial charge in [0.25, 0.3) is 5.56 Å². The maximum Gasteiger partial charge on any atom is 0.338 e. The zero-order valence-corrected chi connectivity index (χ0v) is 20.7. The van der Waals surface area contributed by atoms with E-state index in [2.05, 4.69) is 4.99 Å². The zero-order valence-electron chi connectivity index (χ0n) is 19.8. The Hall–Kier alpha value is -4.18. The summed E-state index contributed by atoms with van der Waals surface area (Å²) in [4.78, 5) is 42.4. The SMILES string of the molecule is CCOC(=O)C1=C(C)N=c2s/c(=C\c3cccc(OCC(=O)[O-])c3)c(=O)n2[C@@H]1c1ccccc1OC. The molecule has 2 heterocycles. The van der Waals surface area contributed by atoms with Gasteiger partial charge in [0.05, 0.1) is 35.5 Å². The molecule has 4 rings (SSSR count). The summed E-state index contributed by atoms with van der Waals surface area (Å²) in [7, 11) is 1.53. The van der Waals surface area contributed by atoms with E-state index in [4.69, 9.17) is 14.2 Å². The number of allylic oxidation sites excluding steroid dienone is 1. The molecule has 0 aliphatic carbocycles. The van der Waals surface area contributed by atoms with E-state index >= 15 is 0 Å². The van der Waals surface area contributed by atoms with E-state index in [1.54, 1.807) is 56.3 Å². The fourth-order valence-corrected chi connectivity index (χ4v) is 5.01. The van der Waals surface area contributed by atoms with Gasteiger partial charge in [0.15, 0.2) is 4.80 Å². The Bertz CT molecular complexity index is 1530. The number of thiazole rings is 1. The fourth-order valence-electron chi connectivity index (χ4n) is 3.97. The first-order chi connectivity index (χ1) is 17.3. The summed E-state index contributed by atoms with van der Waals surface area (Å²) in [5.41, 5.74) is 1.63. The number of hydrogen-bond donors (Lipinski definition) is 0. The number of fused-ring (bicyclic) bond motifs is 1. The maximum absolute atomic E-state index is 13.7. The Morgan fingerprint density at radius 1 is 1.19 bits per heavy atom. The maximum atomic E-state index is 13.7. The van der Waals surface area contributed by atoms with Crippen molar-refractivity contribution in [3.05, 3.63) is 90.6 Å². The summed E-state index contributed by atoms with van der Waals surface area (Å²) in [6, 6.07) is 13.1. The second-order valence-electron chi connectivity index (χ2n) is 7.78. The number of para-hydroxylation sites is 1. The first kappa shape index (κ1) is 24.9. The minimum absolute atomic E-state index is 0.176. The van der Waals surface area contributed by atoms with Crippen LogP contribution >= 0.6 is 11.3 Å². The number of nitrogens with zero attached hydrogens (tertiary/aromatic N) is 2. The van der Waals surface area contributed by atoms with Crippen LogP contribution in [-0.2, 0) is 14.3 Å². The number of hydrogen-bond acceptors (Lipinski definition) is 9. The molecular weight excluding hydrogens is 484 g/mol. The van der Waals surface area contributed by atoms with Crippen LogP contribution in [0, 0.1) is 0 Å². The van der Waals surface area contributed by atoms with Crippen molar-refractivity contribution in [3.63, 3.8) is 0 Å². The van der Waals surface area contributed by atoms with Crippen molar-refractivity contribution < 1.29 is 28.9 Å². The Labute approximate surface area is 210 Å². The van der Waals surface area contributed by atoms with Gasteiger partial charge in [0.1, 0.15) is 24.1 Å². The third-order valence-electron chi connectivity index (χ3n) is 5.46. The lowest BCUT2D eigenvalue weighted by Crippen LogP contribution is -2.40. The summed E-state index contributed by atoms with van der Waals surface area (Å²) in [5.74, 6) is -1.04. The summed E-state index contributed by atoms with van der Waals surface area (Å²) < 4.78 is 17.9. The summed E-state index contributed by atoms with van der Waals surface area (Å²) in [6.07, 6.45) is 1.67. The van der Waals surface area contributed by atoms with Crippen molar-refractivity contribution in [2.45, 2.75) is 19.9 Å². The molecule has 9 nitrogen and oxygen atoms in total. The van der Waals surface area contributed by atoms with Crippen LogP contribution in [0.25, 0.3) is 6.08 Å². The molecule has 0 radical (unpaired) electrons. The minimum Gasteiger partial charge on any atom is -0.546 e. The summed E-state index contributed by atoms with van der Waals surface area (Å²) in [6.45, 7) is 3.02. The van der Waals surface area contributed by atoms with E-state index < -0.39 is 24.6 Å². The number of carboxylic acids is 1. The van der Waals surface area contributed by atoms with Crippen LogP contribution in [0.2, 0.25) is 0 Å². The quantitative estimate of drug-likeness (QED) is 0.416. The third-order valence-corrected chi connectivity index (χ3v) is 6.45. The van der Waals surface area contributed by atoms with E-state index in [-0.39, 0.29) is 17.7 Å². The number of carbonyl (C=O) groups excluding carboxylic acids is 2. The number of ether oxygens (including phenoxy) is 3. The first-order valence-electron chi connectivity index (χ1n) is 11.1. The molecular formula is C26H23N2O7S-. The highest BCUT2D eigenvalue weighted by Gasteiger charge is 2.34. The number of benzene rings is 2. The van der Waals surface area contributed by atoms with Crippen molar-refractivity contribution in [3.8, 4) is 11.5 Å². The van der Waals surface area contributed by atoms with Crippen LogP contribution in [0.5, 0.6) is 11.5 Å². The van der Waals surface area contributed by atoms with E-state index in [1.165, 1.54) is 23.0 Å². The van der Waals surface area contributed by atoms with Crippen molar-refractivity contribution in [1.82, 2.24) is 4.57 Å². The molecule has 1 aliphatic rings. The number of esters is 1. The smallest absolute Gasteiger partial charge is 0.338 e. The second kappa shape index (κ2) is 10.6. The van der Waals surface area contributed by atoms with Crippen LogP contribution in [0.3, 0.4) is 0 Å². The number of rotatable bonds is 8. The molecule has 10 heteroatoms. The molecule has 3 aromatic rings. The van der Waals surface area contributed by atoms with Crippen molar-refractivity contribution >= 4 is 29.4 Å². The van der Waals surface area contributed by atoms with Gasteiger partial charge in [-0.1, -0.05) is 41.7 Å². The Morgan fingerprint density at radius 3 is 2.69 bits per heavy atom. The van der Waals surface area contributed by atoms with Gasteiger partial charge < -0.3 is 24.1 Å². The van der Waals surface area contributed by atoms with Crippen LogP contribution < -0.4 is 29.5 Å². The third kappa shape index (κ3) is 4.94. The molecule has 0 saturated heterocycles. The van der Waals surface area contributed by atoms with Gasteiger partial charge in [-0.25, -0.2) is 9.79 Å². The average Bonchev–Trinajstić information content (AvgIpc) is 3.16. The molecule has 1 atom stereocenters. The highest BCUT2D eigenvalue weighted by Crippen LogP contribution is 2.35. The molecule has 0 N–H and O–H groups in total. The van der Waals surface area contributed by atoms with Gasteiger partial charge in [0, 0.05) is 5.56 Å². The van der Waals surface area contributed by atoms with Gasteiger partial charge >= 0.3 is 5.97 Å². The molecule has 36 heavy (non-hydrogen) atoms. The number of aromatic nitrogens is 1. The molecule has 186 valence electrons. The largest absolute Gasteiger partial charge is 0.546 e. The molecule has 0 bridgehead atoms. The Kier molecular flexibility index (Phi) is 7.35. The monoisotopic (exact) mass is 507 g/mol. The van der Waals surface area contributed by atoms with E-state index in [1.807, 2.05) is 12.1 Å². The second-order valence-corrected chi connectivity index (χ2v) is 8.79. The predicted molar refractivity (Wildman–Crippen MR) is 130 cm³/mol. The van der Waals surface area contributed by atoms with Gasteiger partial charge in [0.2, 0.25) is 0 Å². The lowest BCUT2D eigenvalue weighted by molar-refractivity contribution is -0.307. The lowest BCUT2D eigenvalue weighted by Gasteiger charge is -2.25. The Morgan fingerprint density at radius 2 is 1.97 bits per heavy atom. The van der Waals surface area contributed by atoms with Crippen LogP contribution in [0.1, 0.15) is 31.0 Å². The van der Waals surface area contributed by atoms with Crippen molar-refractivity contribution in [1.29, 1.82) is 0 Å². The van der Waals surface area contributed by atoms with Crippen molar-refractivity contribution in [2.75, 3.05) is 20.3 Å². The number of carboxylic acid groups (broad SMARTS) is 1. The number of carbonyl (C=O) groups is 2. The molecule has 0 unspecified atom stereocenters. The molecule has 0 amide bonds. The van der Waals surface area contributed by atoms with Crippen molar-refractivity contribution in [2.24, 2.45) is 4.99 Å². The predicted octanol–water partition coefficient (Wildman–Crippen LogP) is 0.936. The molecule has 0 fully saturated rings. The lowest BCUT2D eigenvalue weighted by atomic mass is 9.95. The van der Waals surface area contributed by atoms with Crippen LogP contribution in [0.15, 0.2) is 69.6 Å².